The fraction of sp³-hybridized carbons (Fsp3) is 0.538. The van der Waals surface area contributed by atoms with Crippen LogP contribution in [0.2, 0.25) is 0 Å². The molecular weight excluding hydrogens is 228 g/mol. The second-order valence-electron chi connectivity index (χ2n) is 4.72. The van der Waals surface area contributed by atoms with Crippen molar-refractivity contribution in [2.75, 3.05) is 25.0 Å². The first-order valence-electron chi connectivity index (χ1n) is 6.46. The van der Waals surface area contributed by atoms with Gasteiger partial charge in [0, 0.05) is 18.3 Å². The van der Waals surface area contributed by atoms with Crippen molar-refractivity contribution in [2.24, 2.45) is 11.7 Å². The van der Waals surface area contributed by atoms with Crippen LogP contribution in [0.4, 0.5) is 5.82 Å². The molecule has 18 heavy (non-hydrogen) atoms. The molecule has 1 saturated heterocycles. The standard InChI is InChI=1S/C13H20N4O/c14-13(18)11-4-7-17-12(8-11)16-6-3-10-2-1-5-15-9-10/h4,7-8,10,15H,1-3,5-6,9H2,(H2,14,18)(H,16,17). The predicted octanol–water partition coefficient (Wildman–Crippen LogP) is 0.982. The zero-order valence-corrected chi connectivity index (χ0v) is 10.5. The first-order chi connectivity index (χ1) is 8.75. The maximum absolute atomic E-state index is 11.0. The highest BCUT2D eigenvalue weighted by atomic mass is 16.1. The number of carbonyl (C=O) groups excluding carboxylic acids is 1. The summed E-state index contributed by atoms with van der Waals surface area (Å²) >= 11 is 0. The van der Waals surface area contributed by atoms with Crippen LogP contribution in [0, 0.1) is 5.92 Å². The van der Waals surface area contributed by atoms with Crippen LogP contribution < -0.4 is 16.4 Å². The average molecular weight is 248 g/mol. The van der Waals surface area contributed by atoms with Gasteiger partial charge >= 0.3 is 0 Å². The summed E-state index contributed by atoms with van der Waals surface area (Å²) in [5.74, 6) is 1.04. The molecule has 0 saturated carbocycles. The van der Waals surface area contributed by atoms with Crippen molar-refractivity contribution < 1.29 is 4.79 Å². The number of carbonyl (C=O) groups is 1. The third kappa shape index (κ3) is 3.70. The molecule has 1 atom stereocenters. The van der Waals surface area contributed by atoms with Crippen LogP contribution >= 0.6 is 0 Å². The Morgan fingerprint density at radius 2 is 2.50 bits per heavy atom. The average Bonchev–Trinajstić information content (AvgIpc) is 2.40. The molecule has 1 fully saturated rings. The van der Waals surface area contributed by atoms with Crippen molar-refractivity contribution in [3.8, 4) is 0 Å². The van der Waals surface area contributed by atoms with Gasteiger partial charge in [0.25, 0.3) is 0 Å². The number of hydrogen-bond donors (Lipinski definition) is 3. The molecule has 0 aromatic carbocycles. The number of anilines is 1. The Kier molecular flexibility index (Phi) is 4.52. The lowest BCUT2D eigenvalue weighted by Gasteiger charge is -2.22. The largest absolute Gasteiger partial charge is 0.370 e. The third-order valence-corrected chi connectivity index (χ3v) is 3.30. The molecule has 5 heteroatoms. The maximum atomic E-state index is 11.0. The van der Waals surface area contributed by atoms with Gasteiger partial charge in [-0.1, -0.05) is 0 Å². The molecule has 1 unspecified atom stereocenters. The molecule has 5 nitrogen and oxygen atoms in total. The lowest BCUT2D eigenvalue weighted by atomic mass is 9.96. The number of amides is 1. The molecule has 1 aliphatic rings. The van der Waals surface area contributed by atoms with Gasteiger partial charge < -0.3 is 16.4 Å². The van der Waals surface area contributed by atoms with Crippen molar-refractivity contribution in [3.63, 3.8) is 0 Å². The molecule has 98 valence electrons. The third-order valence-electron chi connectivity index (χ3n) is 3.30. The minimum atomic E-state index is -0.420. The molecular formula is C13H20N4O. The molecule has 0 radical (unpaired) electrons. The van der Waals surface area contributed by atoms with E-state index in [-0.39, 0.29) is 0 Å². The number of hydrogen-bond acceptors (Lipinski definition) is 4. The Morgan fingerprint density at radius 3 is 3.22 bits per heavy atom. The molecule has 1 aromatic heterocycles. The van der Waals surface area contributed by atoms with Gasteiger partial charge in [-0.2, -0.15) is 0 Å². The van der Waals surface area contributed by atoms with Crippen molar-refractivity contribution in [2.45, 2.75) is 19.3 Å². The number of nitrogens with zero attached hydrogens (tertiary/aromatic N) is 1. The monoisotopic (exact) mass is 248 g/mol. The summed E-state index contributed by atoms with van der Waals surface area (Å²) in [7, 11) is 0. The fourth-order valence-corrected chi connectivity index (χ4v) is 2.26. The smallest absolute Gasteiger partial charge is 0.248 e. The Balaban J connectivity index is 1.78. The lowest BCUT2D eigenvalue weighted by Crippen LogP contribution is -2.30. The number of piperidine rings is 1. The van der Waals surface area contributed by atoms with Gasteiger partial charge in [0.05, 0.1) is 0 Å². The summed E-state index contributed by atoms with van der Waals surface area (Å²) in [6.07, 6.45) is 5.28. The number of rotatable bonds is 5. The SMILES string of the molecule is NC(=O)c1ccnc(NCCC2CCCNC2)c1. The van der Waals surface area contributed by atoms with Crippen molar-refractivity contribution in [1.82, 2.24) is 10.3 Å². The Morgan fingerprint density at radius 1 is 1.61 bits per heavy atom. The number of nitrogens with one attached hydrogen (secondary N) is 2. The van der Waals surface area contributed by atoms with Crippen LogP contribution in [-0.2, 0) is 0 Å². The molecule has 1 aromatic rings. The topological polar surface area (TPSA) is 80.0 Å². The maximum Gasteiger partial charge on any atom is 0.248 e. The highest BCUT2D eigenvalue weighted by molar-refractivity contribution is 5.93. The van der Waals surface area contributed by atoms with Crippen molar-refractivity contribution >= 4 is 11.7 Å². The predicted molar refractivity (Wildman–Crippen MR) is 71.5 cm³/mol. The van der Waals surface area contributed by atoms with Gasteiger partial charge in [0.1, 0.15) is 5.82 Å². The first-order valence-corrected chi connectivity index (χ1v) is 6.46. The van der Waals surface area contributed by atoms with E-state index in [4.69, 9.17) is 5.73 Å². The first kappa shape index (κ1) is 12.8. The van der Waals surface area contributed by atoms with E-state index in [0.29, 0.717) is 5.56 Å². The Labute approximate surface area is 107 Å². The van der Waals surface area contributed by atoms with Crippen LogP contribution in [0.1, 0.15) is 29.6 Å². The molecule has 1 amide bonds. The highest BCUT2D eigenvalue weighted by Crippen LogP contribution is 2.14. The Bertz CT molecular complexity index is 402. The number of aromatic nitrogens is 1. The molecule has 2 rings (SSSR count). The van der Waals surface area contributed by atoms with Gasteiger partial charge in [-0.25, -0.2) is 4.98 Å². The number of nitrogens with two attached hydrogens (primary N) is 1. The number of pyridine rings is 1. The van der Waals surface area contributed by atoms with E-state index in [1.54, 1.807) is 18.3 Å². The second kappa shape index (κ2) is 6.35. The van der Waals surface area contributed by atoms with Crippen LogP contribution in [0.3, 0.4) is 0 Å². The van der Waals surface area contributed by atoms with Crippen LogP contribution in [0.5, 0.6) is 0 Å². The van der Waals surface area contributed by atoms with E-state index in [0.717, 1.165) is 37.8 Å². The fourth-order valence-electron chi connectivity index (χ4n) is 2.26. The van der Waals surface area contributed by atoms with E-state index in [2.05, 4.69) is 15.6 Å². The Hall–Kier alpha value is -1.62. The van der Waals surface area contributed by atoms with Gasteiger partial charge in [-0.15, -0.1) is 0 Å². The lowest BCUT2D eigenvalue weighted by molar-refractivity contribution is 0.1000. The van der Waals surface area contributed by atoms with E-state index >= 15 is 0 Å². The molecule has 0 aliphatic carbocycles. The van der Waals surface area contributed by atoms with Gasteiger partial charge in [-0.3, -0.25) is 4.79 Å². The zero-order chi connectivity index (χ0) is 12.8. The zero-order valence-electron chi connectivity index (χ0n) is 10.5. The quantitative estimate of drug-likeness (QED) is 0.725. The highest BCUT2D eigenvalue weighted by Gasteiger charge is 2.12. The molecule has 4 N–H and O–H groups in total. The molecule has 1 aliphatic heterocycles. The molecule has 2 heterocycles. The summed E-state index contributed by atoms with van der Waals surface area (Å²) in [4.78, 5) is 15.2. The van der Waals surface area contributed by atoms with E-state index in [9.17, 15) is 4.79 Å². The van der Waals surface area contributed by atoms with Crippen LogP contribution in [0.15, 0.2) is 18.3 Å². The summed E-state index contributed by atoms with van der Waals surface area (Å²) < 4.78 is 0. The summed E-state index contributed by atoms with van der Waals surface area (Å²) in [5, 5.41) is 6.64. The minimum absolute atomic E-state index is 0.420. The number of primary amides is 1. The van der Waals surface area contributed by atoms with Gasteiger partial charge in [-0.05, 0) is 50.4 Å². The molecule has 0 bridgehead atoms. The van der Waals surface area contributed by atoms with Crippen molar-refractivity contribution in [1.29, 1.82) is 0 Å². The van der Waals surface area contributed by atoms with E-state index in [1.807, 2.05) is 0 Å². The van der Waals surface area contributed by atoms with Crippen LogP contribution in [0.25, 0.3) is 0 Å². The van der Waals surface area contributed by atoms with Gasteiger partial charge in [0.2, 0.25) is 5.91 Å². The minimum Gasteiger partial charge on any atom is -0.370 e. The van der Waals surface area contributed by atoms with Gasteiger partial charge in [0.15, 0.2) is 0 Å². The summed E-state index contributed by atoms with van der Waals surface area (Å²) in [5.41, 5.74) is 5.72. The van der Waals surface area contributed by atoms with Crippen molar-refractivity contribution in [3.05, 3.63) is 23.9 Å². The van der Waals surface area contributed by atoms with E-state index in [1.165, 1.54) is 12.8 Å². The summed E-state index contributed by atoms with van der Waals surface area (Å²) in [6, 6.07) is 3.32. The summed E-state index contributed by atoms with van der Waals surface area (Å²) in [6.45, 7) is 3.13. The van der Waals surface area contributed by atoms with E-state index < -0.39 is 5.91 Å². The molecule has 0 spiro atoms. The second-order valence-corrected chi connectivity index (χ2v) is 4.72. The van der Waals surface area contributed by atoms with Crippen LogP contribution in [-0.4, -0.2) is 30.5 Å². The normalized spacial score (nSPS) is 19.4.